The quantitative estimate of drug-likeness (QED) is 0.184. The molecule has 3 rings (SSSR count). The molecule has 11 heteroatoms. The summed E-state index contributed by atoms with van der Waals surface area (Å²) in [5.74, 6) is 1.67. The van der Waals surface area contributed by atoms with E-state index in [4.69, 9.17) is 4.74 Å². The lowest BCUT2D eigenvalue weighted by molar-refractivity contribution is 0.408. The van der Waals surface area contributed by atoms with E-state index in [2.05, 4.69) is 150 Å². The highest BCUT2D eigenvalue weighted by molar-refractivity contribution is 14.1. The first-order valence-corrected chi connectivity index (χ1v) is 13.5. The van der Waals surface area contributed by atoms with Crippen LogP contribution in [-0.2, 0) is 0 Å². The minimum atomic E-state index is 0.0680. The lowest BCUT2D eigenvalue weighted by Gasteiger charge is -2.14. The number of hydrogen-bond donors (Lipinski definition) is 1. The van der Waals surface area contributed by atoms with Gasteiger partial charge in [0.25, 0.3) is 0 Å². The van der Waals surface area contributed by atoms with E-state index in [0.717, 1.165) is 12.7 Å². The monoisotopic (exact) mass is 1030 g/mol. The van der Waals surface area contributed by atoms with E-state index in [1.807, 2.05) is 0 Å². The van der Waals surface area contributed by atoms with Crippen molar-refractivity contribution in [3.05, 3.63) is 39.9 Å². The first-order chi connectivity index (χ1) is 12.7. The molecule has 27 heavy (non-hydrogen) atoms. The number of phenolic OH excluding ortho intramolecular Hbond substituents is 1. The highest BCUT2D eigenvalue weighted by Gasteiger charge is 2.22. The maximum absolute atomic E-state index is 10.4. The molecule has 2 aromatic carbocycles. The van der Waals surface area contributed by atoms with Gasteiger partial charge in [0.2, 0.25) is 0 Å². The van der Waals surface area contributed by atoms with E-state index in [9.17, 15) is 5.11 Å². The molecule has 140 valence electrons. The van der Waals surface area contributed by atoms with Gasteiger partial charge in [-0.1, -0.05) is 0 Å². The minimum Gasteiger partial charge on any atom is -0.507 e. The number of aromatic nitrogens is 3. The number of halogens is 6. The minimum absolute atomic E-state index is 0.0680. The molecule has 0 fully saturated rings. The Balaban J connectivity index is 2.24. The molecule has 0 unspecified atom stereocenters. The molecule has 0 saturated carbocycles. The Labute approximate surface area is 237 Å². The number of rotatable bonds is 3. The summed E-state index contributed by atoms with van der Waals surface area (Å²) >= 11 is 13.8. The second kappa shape index (κ2) is 9.71. The number of ether oxygens (including phenoxy) is 1. The van der Waals surface area contributed by atoms with Crippen molar-refractivity contribution in [2.75, 3.05) is 7.11 Å². The fraction of sp³-hybridized carbons (Fsp3) is 0.0625. The lowest BCUT2D eigenvalue weighted by atomic mass is 10.1. The summed E-state index contributed by atoms with van der Waals surface area (Å²) in [5.41, 5.74) is 1.53. The summed E-state index contributed by atoms with van der Waals surface area (Å²) < 4.78 is 11.5. The third-order valence-corrected chi connectivity index (χ3v) is 13.5. The number of hydrogen-bond acceptors (Lipinski definition) is 5. The summed E-state index contributed by atoms with van der Waals surface area (Å²) in [6.45, 7) is 0. The molecule has 0 amide bonds. The third kappa shape index (κ3) is 4.86. The second-order valence-electron chi connectivity index (χ2n) is 5.08. The van der Waals surface area contributed by atoms with Crippen LogP contribution in [0.3, 0.4) is 0 Å². The van der Waals surface area contributed by atoms with Gasteiger partial charge in [0.1, 0.15) is 11.5 Å². The van der Waals surface area contributed by atoms with E-state index in [-0.39, 0.29) is 5.75 Å². The van der Waals surface area contributed by atoms with Gasteiger partial charge >= 0.3 is 0 Å². The van der Waals surface area contributed by atoms with Crippen molar-refractivity contribution in [1.29, 1.82) is 0 Å². The summed E-state index contributed by atoms with van der Waals surface area (Å²) in [7, 11) is 1.56. The van der Waals surface area contributed by atoms with Crippen LogP contribution >= 0.6 is 136 Å². The predicted molar refractivity (Wildman–Crippen MR) is 155 cm³/mol. The number of aromatic hydroxyl groups is 1. The SMILES string of the molecule is COc1ccc(-c2nc(I)nc(-c3c(I)c(I)c(I)c(I)c3I)n2)c(O)c1. The lowest BCUT2D eigenvalue weighted by Crippen LogP contribution is -2.05. The van der Waals surface area contributed by atoms with Gasteiger partial charge in [-0.15, -0.1) is 0 Å². The molecule has 0 spiro atoms. The molecule has 0 aliphatic heterocycles. The van der Waals surface area contributed by atoms with Crippen LogP contribution in [0.1, 0.15) is 0 Å². The van der Waals surface area contributed by atoms with E-state index in [1.165, 1.54) is 10.7 Å². The molecular weight excluding hydrogens is 1030 g/mol. The van der Waals surface area contributed by atoms with Gasteiger partial charge < -0.3 is 9.84 Å². The number of methoxy groups -OCH3 is 1. The maximum atomic E-state index is 10.4. The average Bonchev–Trinajstić information content (AvgIpc) is 2.64. The van der Waals surface area contributed by atoms with Gasteiger partial charge in [-0.3, -0.25) is 0 Å². The van der Waals surface area contributed by atoms with Crippen molar-refractivity contribution in [2.24, 2.45) is 0 Å². The number of phenols is 1. The Morgan fingerprint density at radius 1 is 0.778 bits per heavy atom. The zero-order valence-corrected chi connectivity index (χ0v) is 26.1. The van der Waals surface area contributed by atoms with E-state index >= 15 is 0 Å². The highest BCUT2D eigenvalue weighted by atomic mass is 127. The molecule has 0 aliphatic rings. The average molecular weight is 1030 g/mol. The maximum Gasteiger partial charge on any atom is 0.194 e. The van der Waals surface area contributed by atoms with Crippen LogP contribution in [0.15, 0.2) is 18.2 Å². The smallest absolute Gasteiger partial charge is 0.194 e. The van der Waals surface area contributed by atoms with Crippen molar-refractivity contribution in [2.45, 2.75) is 0 Å². The molecule has 1 N–H and O–H groups in total. The molecule has 0 aliphatic carbocycles. The van der Waals surface area contributed by atoms with E-state index in [1.54, 1.807) is 25.3 Å². The van der Waals surface area contributed by atoms with Crippen molar-refractivity contribution in [1.82, 2.24) is 15.0 Å². The van der Waals surface area contributed by atoms with Gasteiger partial charge in [-0.2, -0.15) is 0 Å². The Bertz CT molecular complexity index is 1030. The van der Waals surface area contributed by atoms with Crippen molar-refractivity contribution in [3.63, 3.8) is 0 Å². The fourth-order valence-electron chi connectivity index (χ4n) is 2.21. The Hall–Kier alpha value is 1.43. The van der Waals surface area contributed by atoms with Crippen LogP contribution < -0.4 is 4.74 Å². The Morgan fingerprint density at radius 3 is 1.89 bits per heavy atom. The summed E-state index contributed by atoms with van der Waals surface area (Å²) in [4.78, 5) is 13.7. The summed E-state index contributed by atoms with van der Waals surface area (Å²) in [5, 5.41) is 10.4. The van der Waals surface area contributed by atoms with Crippen LogP contribution in [0.4, 0.5) is 0 Å². The fourth-order valence-corrected chi connectivity index (χ4v) is 7.91. The van der Waals surface area contributed by atoms with Gasteiger partial charge in [0.05, 0.1) is 12.7 Å². The Morgan fingerprint density at radius 2 is 1.33 bits per heavy atom. The van der Waals surface area contributed by atoms with Crippen LogP contribution in [0, 0.1) is 21.7 Å². The van der Waals surface area contributed by atoms with E-state index < -0.39 is 0 Å². The van der Waals surface area contributed by atoms with Gasteiger partial charge in [-0.05, 0) is 125 Å². The van der Waals surface area contributed by atoms with Crippen LogP contribution in [-0.4, -0.2) is 27.2 Å². The van der Waals surface area contributed by atoms with Crippen LogP contribution in [0.5, 0.6) is 11.5 Å². The first kappa shape index (κ1) is 23.1. The van der Waals surface area contributed by atoms with E-state index in [0.29, 0.717) is 26.8 Å². The molecule has 3 aromatic rings. The summed E-state index contributed by atoms with van der Waals surface area (Å²) in [6, 6.07) is 5.08. The van der Waals surface area contributed by atoms with Crippen LogP contribution in [0.2, 0.25) is 0 Å². The van der Waals surface area contributed by atoms with Gasteiger partial charge in [0, 0.05) is 52.1 Å². The van der Waals surface area contributed by atoms with Crippen molar-refractivity contribution < 1.29 is 9.84 Å². The van der Waals surface area contributed by atoms with Crippen LogP contribution in [0.25, 0.3) is 22.8 Å². The zero-order chi connectivity index (χ0) is 19.9. The standard InChI is InChI=1S/C16H7I6N3O2/c1-27-5-2-3-6(7(26)4-5)14-23-15(25-16(22)24-14)8-9(17)11(19)13(21)12(20)10(8)18/h2-4,26H,1H3. The topological polar surface area (TPSA) is 68.1 Å². The predicted octanol–water partition coefficient (Wildman–Crippen LogP) is 6.55. The highest BCUT2D eigenvalue weighted by Crippen LogP contribution is 2.39. The molecular formula is C16H7I6N3O2. The summed E-state index contributed by atoms with van der Waals surface area (Å²) in [6.07, 6.45) is 0. The molecule has 1 aromatic heterocycles. The number of benzene rings is 2. The zero-order valence-electron chi connectivity index (χ0n) is 13.2. The third-order valence-electron chi connectivity index (χ3n) is 3.49. The number of nitrogens with zero attached hydrogens (tertiary/aromatic N) is 3. The molecule has 0 atom stereocenters. The molecule has 0 bridgehead atoms. The van der Waals surface area contributed by atoms with Gasteiger partial charge in [-0.25, -0.2) is 15.0 Å². The van der Waals surface area contributed by atoms with Crippen molar-refractivity contribution in [3.8, 4) is 34.3 Å². The van der Waals surface area contributed by atoms with Crippen molar-refractivity contribution >= 4 is 136 Å². The molecule has 1 heterocycles. The first-order valence-electron chi connectivity index (χ1n) is 7.05. The molecule has 0 radical (unpaired) electrons. The molecule has 5 nitrogen and oxygen atoms in total. The Kier molecular flexibility index (Phi) is 8.30. The second-order valence-corrected chi connectivity index (χ2v) is 11.4. The molecule has 0 saturated heterocycles. The van der Waals surface area contributed by atoms with Gasteiger partial charge in [0.15, 0.2) is 15.5 Å². The largest absolute Gasteiger partial charge is 0.507 e. The normalized spacial score (nSPS) is 10.9.